The van der Waals surface area contributed by atoms with E-state index in [1.807, 2.05) is 0 Å². The summed E-state index contributed by atoms with van der Waals surface area (Å²) in [5, 5.41) is 13.7. The molecule has 1 unspecified atom stereocenters. The van der Waals surface area contributed by atoms with Crippen molar-refractivity contribution in [2.75, 3.05) is 32.8 Å². The molecule has 10 heteroatoms. The van der Waals surface area contributed by atoms with Crippen molar-refractivity contribution in [2.24, 2.45) is 0 Å². The number of hydrogen-bond acceptors (Lipinski definition) is 6. The van der Waals surface area contributed by atoms with Gasteiger partial charge in [-0.1, -0.05) is 6.07 Å². The SMILES string of the molecule is O=C1CCC(N2Cc3c(OCC(=O)N4CC[NH+]([O-])CC4)cccc3C2=O)C(=O)N1. The Morgan fingerprint density at radius 2 is 2.00 bits per heavy atom. The molecule has 2 fully saturated rings. The second-order valence-electron chi connectivity index (χ2n) is 7.39. The predicted octanol–water partition coefficient (Wildman–Crippen LogP) is -1.95. The van der Waals surface area contributed by atoms with Gasteiger partial charge in [0.15, 0.2) is 6.61 Å². The predicted molar refractivity (Wildman–Crippen MR) is 98.6 cm³/mol. The summed E-state index contributed by atoms with van der Waals surface area (Å²) in [7, 11) is 0. The van der Waals surface area contributed by atoms with Crippen molar-refractivity contribution in [3.8, 4) is 5.75 Å². The molecule has 3 aliphatic rings. The van der Waals surface area contributed by atoms with E-state index < -0.39 is 11.9 Å². The standard InChI is InChI=1S/C19H22N4O6/c24-16-5-4-14(18(26)20-16)23-10-13-12(19(23)27)2-1-3-15(13)29-11-17(25)21-6-8-22(28)9-7-21/h1-3,14,22H,4-11H2,(H,20,24,26). The Labute approximate surface area is 166 Å². The van der Waals surface area contributed by atoms with Crippen LogP contribution in [0.2, 0.25) is 0 Å². The number of piperidine rings is 1. The molecular formula is C19H22N4O6. The fourth-order valence-corrected chi connectivity index (χ4v) is 3.93. The van der Waals surface area contributed by atoms with Gasteiger partial charge in [-0.3, -0.25) is 24.5 Å². The number of carbonyl (C=O) groups excluding carboxylic acids is 4. The molecule has 4 rings (SSSR count). The molecule has 29 heavy (non-hydrogen) atoms. The molecule has 0 radical (unpaired) electrons. The third kappa shape index (κ3) is 3.81. The van der Waals surface area contributed by atoms with Gasteiger partial charge in [-0.15, -0.1) is 0 Å². The van der Waals surface area contributed by atoms with Crippen molar-refractivity contribution >= 4 is 23.6 Å². The van der Waals surface area contributed by atoms with Crippen LogP contribution in [0.1, 0.15) is 28.8 Å². The minimum Gasteiger partial charge on any atom is -0.634 e. The van der Waals surface area contributed by atoms with Crippen molar-refractivity contribution in [3.63, 3.8) is 0 Å². The first-order chi connectivity index (χ1) is 13.9. The van der Waals surface area contributed by atoms with Gasteiger partial charge in [0.05, 0.1) is 32.7 Å². The average Bonchev–Trinajstić information content (AvgIpc) is 3.04. The molecule has 4 amide bonds. The number of hydroxylamine groups is 2. The maximum Gasteiger partial charge on any atom is 0.260 e. The van der Waals surface area contributed by atoms with E-state index in [0.29, 0.717) is 43.1 Å². The zero-order valence-electron chi connectivity index (χ0n) is 15.8. The van der Waals surface area contributed by atoms with Crippen molar-refractivity contribution in [3.05, 3.63) is 34.5 Å². The van der Waals surface area contributed by atoms with Crippen LogP contribution in [0.4, 0.5) is 0 Å². The number of amides is 4. The summed E-state index contributed by atoms with van der Waals surface area (Å²) in [5.74, 6) is -0.883. The summed E-state index contributed by atoms with van der Waals surface area (Å²) < 4.78 is 5.71. The van der Waals surface area contributed by atoms with Crippen LogP contribution < -0.4 is 15.1 Å². The molecule has 0 aliphatic carbocycles. The van der Waals surface area contributed by atoms with Crippen molar-refractivity contribution in [2.45, 2.75) is 25.4 Å². The lowest BCUT2D eigenvalue weighted by Crippen LogP contribution is -3.10. The summed E-state index contributed by atoms with van der Waals surface area (Å²) in [6.07, 6.45) is 0.472. The quantitative estimate of drug-likeness (QED) is 0.446. The summed E-state index contributed by atoms with van der Waals surface area (Å²) in [5.41, 5.74) is 1.06. The Morgan fingerprint density at radius 3 is 2.72 bits per heavy atom. The maximum atomic E-state index is 12.8. The normalized spacial score (nSPS) is 22.5. The van der Waals surface area contributed by atoms with Gasteiger partial charge in [0.1, 0.15) is 11.8 Å². The fourth-order valence-electron chi connectivity index (χ4n) is 3.93. The fraction of sp³-hybridized carbons (Fsp3) is 0.474. The molecule has 10 nitrogen and oxygen atoms in total. The number of hydrogen-bond donors (Lipinski definition) is 2. The van der Waals surface area contributed by atoms with Gasteiger partial charge in [-0.25, -0.2) is 0 Å². The summed E-state index contributed by atoms with van der Waals surface area (Å²) in [6, 6.07) is 4.32. The van der Waals surface area contributed by atoms with Gasteiger partial charge < -0.3 is 24.8 Å². The van der Waals surface area contributed by atoms with Crippen LogP contribution in [-0.4, -0.2) is 72.3 Å². The summed E-state index contributed by atoms with van der Waals surface area (Å²) in [6.45, 7) is 1.52. The number of nitrogens with zero attached hydrogens (tertiary/aromatic N) is 2. The number of benzene rings is 1. The number of carbonyl (C=O) groups is 4. The Hall–Kier alpha value is -2.98. The van der Waals surface area contributed by atoms with E-state index in [1.54, 1.807) is 23.1 Å². The molecule has 3 heterocycles. The van der Waals surface area contributed by atoms with Crippen LogP contribution in [0.3, 0.4) is 0 Å². The van der Waals surface area contributed by atoms with Gasteiger partial charge in [0.2, 0.25) is 11.8 Å². The number of ether oxygens (including phenoxy) is 1. The van der Waals surface area contributed by atoms with Crippen LogP contribution in [0.5, 0.6) is 5.75 Å². The minimum atomic E-state index is -0.701. The molecule has 2 N–H and O–H groups in total. The number of imide groups is 1. The third-order valence-corrected chi connectivity index (χ3v) is 5.56. The highest BCUT2D eigenvalue weighted by molar-refractivity contribution is 6.05. The Balaban J connectivity index is 1.44. The molecule has 1 aromatic carbocycles. The van der Waals surface area contributed by atoms with Crippen molar-refractivity contribution < 1.29 is 29.0 Å². The molecule has 0 saturated carbocycles. The van der Waals surface area contributed by atoms with Gasteiger partial charge in [-0.2, -0.15) is 0 Å². The molecule has 1 aromatic rings. The Morgan fingerprint density at radius 1 is 1.24 bits per heavy atom. The smallest absolute Gasteiger partial charge is 0.260 e. The lowest BCUT2D eigenvalue weighted by molar-refractivity contribution is -0.852. The number of fused-ring (bicyclic) bond motifs is 1. The van der Waals surface area contributed by atoms with Gasteiger partial charge in [0, 0.05) is 17.5 Å². The van der Waals surface area contributed by atoms with E-state index in [2.05, 4.69) is 5.32 Å². The van der Waals surface area contributed by atoms with E-state index in [4.69, 9.17) is 4.74 Å². The molecule has 3 aliphatic heterocycles. The number of nitrogens with one attached hydrogen (secondary N) is 2. The first-order valence-corrected chi connectivity index (χ1v) is 9.63. The van der Waals surface area contributed by atoms with Crippen LogP contribution in [0.15, 0.2) is 18.2 Å². The second-order valence-corrected chi connectivity index (χ2v) is 7.39. The largest absolute Gasteiger partial charge is 0.634 e. The van der Waals surface area contributed by atoms with E-state index in [-0.39, 0.29) is 48.8 Å². The minimum absolute atomic E-state index is 0.155. The maximum absolute atomic E-state index is 12.8. The molecule has 0 spiro atoms. The lowest BCUT2D eigenvalue weighted by Gasteiger charge is -2.34. The summed E-state index contributed by atoms with van der Waals surface area (Å²) >= 11 is 0. The highest BCUT2D eigenvalue weighted by atomic mass is 16.5. The topological polar surface area (TPSA) is 124 Å². The highest BCUT2D eigenvalue weighted by Gasteiger charge is 2.40. The van der Waals surface area contributed by atoms with E-state index in [1.165, 1.54) is 4.90 Å². The highest BCUT2D eigenvalue weighted by Crippen LogP contribution is 2.33. The van der Waals surface area contributed by atoms with Gasteiger partial charge in [0.25, 0.3) is 11.8 Å². The van der Waals surface area contributed by atoms with Crippen molar-refractivity contribution in [1.29, 1.82) is 0 Å². The van der Waals surface area contributed by atoms with Crippen LogP contribution >= 0.6 is 0 Å². The zero-order chi connectivity index (χ0) is 20.5. The van der Waals surface area contributed by atoms with E-state index in [0.717, 1.165) is 0 Å². The number of piperazine rings is 1. The van der Waals surface area contributed by atoms with Crippen LogP contribution in [0, 0.1) is 5.21 Å². The Kier molecular flexibility index (Phi) is 5.20. The third-order valence-electron chi connectivity index (χ3n) is 5.56. The van der Waals surface area contributed by atoms with E-state index in [9.17, 15) is 24.4 Å². The summed E-state index contributed by atoms with van der Waals surface area (Å²) in [4.78, 5) is 51.7. The van der Waals surface area contributed by atoms with E-state index >= 15 is 0 Å². The van der Waals surface area contributed by atoms with Crippen LogP contribution in [0.25, 0.3) is 0 Å². The monoisotopic (exact) mass is 402 g/mol. The molecule has 154 valence electrons. The van der Waals surface area contributed by atoms with Gasteiger partial charge in [-0.05, 0) is 18.6 Å². The lowest BCUT2D eigenvalue weighted by atomic mass is 10.0. The molecule has 0 bridgehead atoms. The molecule has 0 aromatic heterocycles. The number of quaternary nitrogens is 1. The molecular weight excluding hydrogens is 380 g/mol. The average molecular weight is 402 g/mol. The second kappa shape index (κ2) is 7.80. The van der Waals surface area contributed by atoms with Crippen LogP contribution in [-0.2, 0) is 20.9 Å². The zero-order valence-corrected chi connectivity index (χ0v) is 15.8. The van der Waals surface area contributed by atoms with Gasteiger partial charge >= 0.3 is 0 Å². The first kappa shape index (κ1) is 19.3. The molecule has 2 saturated heterocycles. The van der Waals surface area contributed by atoms with Crippen molar-refractivity contribution in [1.82, 2.24) is 15.1 Å². The first-order valence-electron chi connectivity index (χ1n) is 9.63. The number of rotatable bonds is 4. The molecule has 1 atom stereocenters. The Bertz CT molecular complexity index is 864.